The second-order valence-electron chi connectivity index (χ2n) is 5.15. The third-order valence-corrected chi connectivity index (χ3v) is 3.60. The highest BCUT2D eigenvalue weighted by Crippen LogP contribution is 2.15. The molecule has 1 saturated heterocycles. The van der Waals surface area contributed by atoms with Gasteiger partial charge in [0.1, 0.15) is 6.10 Å². The average Bonchev–Trinajstić information content (AvgIpc) is 2.49. The summed E-state index contributed by atoms with van der Waals surface area (Å²) in [7, 11) is 2.08. The van der Waals surface area contributed by atoms with Crippen molar-refractivity contribution in [2.24, 2.45) is 0 Å². The Morgan fingerprint density at radius 2 is 1.90 bits per heavy atom. The molecule has 112 valence electrons. The van der Waals surface area contributed by atoms with Crippen molar-refractivity contribution >= 4 is 29.4 Å². The molecule has 0 atom stereocenters. The van der Waals surface area contributed by atoms with E-state index < -0.39 is 0 Å². The van der Waals surface area contributed by atoms with Crippen molar-refractivity contribution in [1.29, 1.82) is 0 Å². The van der Waals surface area contributed by atoms with Gasteiger partial charge >= 0.3 is 5.97 Å². The molecular weight excluding hydrogens is 290 g/mol. The molecule has 0 bridgehead atoms. The number of benzene rings is 1. The second kappa shape index (κ2) is 6.83. The minimum atomic E-state index is -0.377. The first-order chi connectivity index (χ1) is 9.72. The fourth-order valence-corrected chi connectivity index (χ4v) is 2.37. The molecule has 1 aliphatic rings. The predicted octanol–water partition coefficient (Wildman–Crippen LogP) is 2.30. The van der Waals surface area contributed by atoms with Crippen molar-refractivity contribution < 1.29 is 9.53 Å². The number of piperidine rings is 1. The van der Waals surface area contributed by atoms with E-state index in [0.29, 0.717) is 5.52 Å². The van der Waals surface area contributed by atoms with E-state index in [-0.39, 0.29) is 30.2 Å². The van der Waals surface area contributed by atoms with E-state index in [2.05, 4.69) is 21.9 Å². The first-order valence-electron chi connectivity index (χ1n) is 6.84. The molecule has 21 heavy (non-hydrogen) atoms. The first kappa shape index (κ1) is 15.7. The van der Waals surface area contributed by atoms with E-state index in [1.165, 1.54) is 6.20 Å². The number of fused-ring (bicyclic) bond motifs is 1. The summed E-state index contributed by atoms with van der Waals surface area (Å²) in [4.78, 5) is 22.9. The SMILES string of the molecule is CN1CCC(OC(=O)c2cnc3ccccc3n2)CC1.Cl. The lowest BCUT2D eigenvalue weighted by atomic mass is 10.1. The number of nitrogens with zero attached hydrogens (tertiary/aromatic N) is 3. The van der Waals surface area contributed by atoms with Gasteiger partial charge in [-0.3, -0.25) is 4.98 Å². The number of likely N-dealkylation sites (tertiary alicyclic amines) is 1. The van der Waals surface area contributed by atoms with Crippen molar-refractivity contribution in [2.45, 2.75) is 18.9 Å². The van der Waals surface area contributed by atoms with Crippen LogP contribution < -0.4 is 0 Å². The van der Waals surface area contributed by atoms with Crippen molar-refractivity contribution in [1.82, 2.24) is 14.9 Å². The van der Waals surface area contributed by atoms with Gasteiger partial charge in [0.05, 0.1) is 17.2 Å². The summed E-state index contributed by atoms with van der Waals surface area (Å²) in [6.45, 7) is 1.92. The van der Waals surface area contributed by atoms with Crippen molar-refractivity contribution in [3.05, 3.63) is 36.2 Å². The zero-order valence-electron chi connectivity index (χ0n) is 11.9. The van der Waals surface area contributed by atoms with Crippen LogP contribution in [0.3, 0.4) is 0 Å². The molecule has 0 aliphatic carbocycles. The number of carbonyl (C=O) groups excluding carboxylic acids is 1. The number of hydrogen-bond acceptors (Lipinski definition) is 5. The Bertz CT molecular complexity index is 627. The summed E-state index contributed by atoms with van der Waals surface area (Å²) >= 11 is 0. The Labute approximate surface area is 129 Å². The van der Waals surface area contributed by atoms with Gasteiger partial charge in [0.25, 0.3) is 0 Å². The second-order valence-corrected chi connectivity index (χ2v) is 5.15. The zero-order chi connectivity index (χ0) is 13.9. The Balaban J connectivity index is 0.00000161. The maximum atomic E-state index is 12.1. The maximum Gasteiger partial charge on any atom is 0.358 e. The van der Waals surface area contributed by atoms with E-state index >= 15 is 0 Å². The number of para-hydroxylation sites is 2. The van der Waals surface area contributed by atoms with Gasteiger partial charge in [-0.1, -0.05) is 12.1 Å². The first-order valence-corrected chi connectivity index (χ1v) is 6.84. The van der Waals surface area contributed by atoms with E-state index in [4.69, 9.17) is 4.74 Å². The van der Waals surface area contributed by atoms with Crippen LogP contribution in [0.2, 0.25) is 0 Å². The number of carbonyl (C=O) groups is 1. The summed E-state index contributed by atoms with van der Waals surface area (Å²) < 4.78 is 5.51. The van der Waals surface area contributed by atoms with Crippen LogP contribution in [0.1, 0.15) is 23.3 Å². The normalized spacial score (nSPS) is 16.4. The van der Waals surface area contributed by atoms with E-state index in [9.17, 15) is 4.79 Å². The van der Waals surface area contributed by atoms with Crippen LogP contribution in [0.5, 0.6) is 0 Å². The van der Waals surface area contributed by atoms with Gasteiger partial charge in [-0.05, 0) is 32.0 Å². The molecule has 2 heterocycles. The molecule has 1 aromatic heterocycles. The molecule has 0 saturated carbocycles. The summed E-state index contributed by atoms with van der Waals surface area (Å²) in [5.74, 6) is -0.377. The molecule has 2 aromatic rings. The molecule has 6 heteroatoms. The van der Waals surface area contributed by atoms with E-state index in [1.807, 2.05) is 24.3 Å². The molecule has 0 spiro atoms. The number of halogens is 1. The summed E-state index contributed by atoms with van der Waals surface area (Å²) in [6, 6.07) is 7.49. The third kappa shape index (κ3) is 3.68. The van der Waals surface area contributed by atoms with Crippen LogP contribution in [0, 0.1) is 0 Å². The van der Waals surface area contributed by atoms with Crippen LogP contribution in [0.25, 0.3) is 11.0 Å². The largest absolute Gasteiger partial charge is 0.458 e. The number of aromatic nitrogens is 2. The highest BCUT2D eigenvalue weighted by Gasteiger charge is 2.21. The molecule has 1 fully saturated rings. The monoisotopic (exact) mass is 307 g/mol. The summed E-state index contributed by atoms with van der Waals surface area (Å²) in [5, 5.41) is 0. The maximum absolute atomic E-state index is 12.1. The van der Waals surface area contributed by atoms with Crippen LogP contribution in [0.15, 0.2) is 30.5 Å². The van der Waals surface area contributed by atoms with Crippen LogP contribution in [-0.2, 0) is 4.74 Å². The number of esters is 1. The fourth-order valence-electron chi connectivity index (χ4n) is 2.37. The molecule has 1 aromatic carbocycles. The van der Waals surface area contributed by atoms with Crippen molar-refractivity contribution in [3.8, 4) is 0 Å². The topological polar surface area (TPSA) is 55.3 Å². The van der Waals surface area contributed by atoms with Gasteiger partial charge in [0.15, 0.2) is 5.69 Å². The van der Waals surface area contributed by atoms with E-state index in [1.54, 1.807) is 0 Å². The van der Waals surface area contributed by atoms with Gasteiger partial charge in [0, 0.05) is 13.1 Å². The summed E-state index contributed by atoms with van der Waals surface area (Å²) in [6.07, 6.45) is 3.23. The smallest absolute Gasteiger partial charge is 0.358 e. The Morgan fingerprint density at radius 3 is 2.62 bits per heavy atom. The molecular formula is C15H18ClN3O2. The zero-order valence-corrected chi connectivity index (χ0v) is 12.7. The van der Waals surface area contributed by atoms with Gasteiger partial charge in [0.2, 0.25) is 0 Å². The van der Waals surface area contributed by atoms with Crippen LogP contribution >= 0.6 is 12.4 Å². The number of ether oxygens (including phenoxy) is 1. The lowest BCUT2D eigenvalue weighted by Gasteiger charge is -2.28. The molecule has 0 N–H and O–H groups in total. The van der Waals surface area contributed by atoms with Crippen LogP contribution in [-0.4, -0.2) is 47.1 Å². The standard InChI is InChI=1S/C15H17N3O2.ClH/c1-18-8-6-11(7-9-18)20-15(19)14-10-16-12-4-2-3-5-13(12)17-14;/h2-5,10-11H,6-9H2,1H3;1H. The number of hydrogen-bond donors (Lipinski definition) is 0. The third-order valence-electron chi connectivity index (χ3n) is 3.60. The average molecular weight is 308 g/mol. The molecule has 5 nitrogen and oxygen atoms in total. The molecule has 0 unspecified atom stereocenters. The Morgan fingerprint density at radius 1 is 1.24 bits per heavy atom. The predicted molar refractivity (Wildman–Crippen MR) is 82.7 cm³/mol. The molecule has 0 radical (unpaired) electrons. The van der Waals surface area contributed by atoms with Crippen molar-refractivity contribution in [2.75, 3.05) is 20.1 Å². The van der Waals surface area contributed by atoms with Gasteiger partial charge < -0.3 is 9.64 Å². The number of rotatable bonds is 2. The highest BCUT2D eigenvalue weighted by molar-refractivity contribution is 5.89. The lowest BCUT2D eigenvalue weighted by molar-refractivity contribution is 0.0133. The van der Waals surface area contributed by atoms with Gasteiger partial charge in [-0.25, -0.2) is 9.78 Å². The van der Waals surface area contributed by atoms with Crippen molar-refractivity contribution in [3.63, 3.8) is 0 Å². The molecule has 1 aliphatic heterocycles. The molecule has 3 rings (SSSR count). The minimum absolute atomic E-state index is 0. The molecule has 0 amide bonds. The quantitative estimate of drug-likeness (QED) is 0.797. The Hall–Kier alpha value is -1.72. The summed E-state index contributed by atoms with van der Waals surface area (Å²) in [5.41, 5.74) is 1.77. The minimum Gasteiger partial charge on any atom is -0.458 e. The van der Waals surface area contributed by atoms with E-state index in [0.717, 1.165) is 31.4 Å². The van der Waals surface area contributed by atoms with Crippen LogP contribution in [0.4, 0.5) is 0 Å². The van der Waals surface area contributed by atoms with Gasteiger partial charge in [-0.15, -0.1) is 12.4 Å². The fraction of sp³-hybridized carbons (Fsp3) is 0.400. The van der Waals surface area contributed by atoms with Gasteiger partial charge in [-0.2, -0.15) is 0 Å². The Kier molecular flexibility index (Phi) is 5.09. The highest BCUT2D eigenvalue weighted by atomic mass is 35.5. The lowest BCUT2D eigenvalue weighted by Crippen LogP contribution is -2.35.